The van der Waals surface area contributed by atoms with E-state index < -0.39 is 0 Å². The van der Waals surface area contributed by atoms with Crippen LogP contribution in [0.4, 0.5) is 5.69 Å². The number of benzene rings is 1. The fraction of sp³-hybridized carbons (Fsp3) is 0.467. The van der Waals surface area contributed by atoms with Gasteiger partial charge in [0.15, 0.2) is 0 Å². The molecule has 0 radical (unpaired) electrons. The Hall–Kier alpha value is -1.42. The molecule has 16 heavy (non-hydrogen) atoms. The molecule has 1 rings (SSSR count). The Labute approximate surface area is 99.3 Å². The molecule has 0 aromatic heterocycles. The summed E-state index contributed by atoms with van der Waals surface area (Å²) in [5, 5.41) is 3.52. The zero-order chi connectivity index (χ0) is 11.8. The van der Waals surface area contributed by atoms with Crippen LogP contribution in [0.2, 0.25) is 0 Å². The van der Waals surface area contributed by atoms with Gasteiger partial charge in [0.25, 0.3) is 0 Å². The van der Waals surface area contributed by atoms with Crippen molar-refractivity contribution in [1.82, 2.24) is 0 Å². The van der Waals surface area contributed by atoms with Crippen LogP contribution in [-0.2, 0) is 12.8 Å². The second kappa shape index (κ2) is 6.95. The van der Waals surface area contributed by atoms with Gasteiger partial charge in [0.2, 0.25) is 0 Å². The van der Waals surface area contributed by atoms with Gasteiger partial charge in [-0.25, -0.2) is 0 Å². The van der Waals surface area contributed by atoms with Gasteiger partial charge in [-0.1, -0.05) is 32.0 Å². The van der Waals surface area contributed by atoms with E-state index in [1.165, 1.54) is 16.8 Å². The molecule has 0 saturated heterocycles. The van der Waals surface area contributed by atoms with Crippen LogP contribution in [0.3, 0.4) is 0 Å². The minimum Gasteiger partial charge on any atom is -0.384 e. The fourth-order valence-corrected chi connectivity index (χ4v) is 1.84. The highest BCUT2D eigenvalue weighted by Gasteiger charge is 2.04. The number of rotatable bonds is 5. The van der Waals surface area contributed by atoms with E-state index in [0.717, 1.165) is 25.8 Å². The van der Waals surface area contributed by atoms with Crippen LogP contribution >= 0.6 is 0 Å². The predicted octanol–water partition coefficient (Wildman–Crippen LogP) is 3.64. The molecular weight excluding hydrogens is 194 g/mol. The quantitative estimate of drug-likeness (QED) is 0.584. The number of hydrogen-bond acceptors (Lipinski definition) is 1. The van der Waals surface area contributed by atoms with E-state index in [2.05, 4.69) is 49.2 Å². The van der Waals surface area contributed by atoms with Crippen LogP contribution in [0, 0.1) is 11.8 Å². The first-order valence-corrected chi connectivity index (χ1v) is 6.07. The van der Waals surface area contributed by atoms with Gasteiger partial charge in [-0.3, -0.25) is 0 Å². The average Bonchev–Trinajstić information content (AvgIpc) is 2.34. The van der Waals surface area contributed by atoms with Gasteiger partial charge in [0.1, 0.15) is 0 Å². The molecule has 1 heteroatoms. The van der Waals surface area contributed by atoms with Gasteiger partial charge >= 0.3 is 0 Å². The van der Waals surface area contributed by atoms with E-state index in [4.69, 9.17) is 0 Å². The Bertz CT molecular complexity index is 360. The SMILES string of the molecule is CC#CCCNc1c(CC)cccc1CC. The van der Waals surface area contributed by atoms with Gasteiger partial charge in [0.05, 0.1) is 0 Å². The van der Waals surface area contributed by atoms with Gasteiger partial charge in [0, 0.05) is 18.7 Å². The minimum absolute atomic E-state index is 0.914. The molecule has 0 atom stereocenters. The molecule has 1 aromatic rings. The minimum atomic E-state index is 0.914. The molecule has 0 saturated carbocycles. The van der Waals surface area contributed by atoms with Crippen molar-refractivity contribution in [2.45, 2.75) is 40.0 Å². The normalized spacial score (nSPS) is 9.44. The highest BCUT2D eigenvalue weighted by molar-refractivity contribution is 5.57. The molecular formula is C15H21N. The number of nitrogens with one attached hydrogen (secondary N) is 1. The first kappa shape index (κ1) is 12.6. The summed E-state index contributed by atoms with van der Waals surface area (Å²) in [4.78, 5) is 0. The molecule has 0 aliphatic heterocycles. The predicted molar refractivity (Wildman–Crippen MR) is 71.8 cm³/mol. The Morgan fingerprint density at radius 2 is 1.75 bits per heavy atom. The van der Waals surface area contributed by atoms with Crippen molar-refractivity contribution in [3.63, 3.8) is 0 Å². The van der Waals surface area contributed by atoms with Crippen LogP contribution in [0.1, 0.15) is 38.3 Å². The van der Waals surface area contributed by atoms with E-state index in [1.54, 1.807) is 0 Å². The van der Waals surface area contributed by atoms with Crippen molar-refractivity contribution >= 4 is 5.69 Å². The molecule has 1 nitrogen and oxygen atoms in total. The number of hydrogen-bond donors (Lipinski definition) is 1. The Morgan fingerprint density at radius 1 is 1.12 bits per heavy atom. The van der Waals surface area contributed by atoms with Crippen LogP contribution in [0.25, 0.3) is 0 Å². The standard InChI is InChI=1S/C15H21N/c1-4-7-8-12-16-15-13(5-2)10-9-11-14(15)6-3/h9-11,16H,5-6,8,12H2,1-3H3. The van der Waals surface area contributed by atoms with E-state index in [1.807, 2.05) is 6.92 Å². The lowest BCUT2D eigenvalue weighted by Crippen LogP contribution is -2.06. The van der Waals surface area contributed by atoms with Gasteiger partial charge < -0.3 is 5.32 Å². The van der Waals surface area contributed by atoms with Crippen molar-refractivity contribution in [1.29, 1.82) is 0 Å². The Balaban J connectivity index is 2.77. The lowest BCUT2D eigenvalue weighted by atomic mass is 10.0. The summed E-state index contributed by atoms with van der Waals surface area (Å²) >= 11 is 0. The number of para-hydroxylation sites is 1. The third kappa shape index (κ3) is 3.31. The highest BCUT2D eigenvalue weighted by Crippen LogP contribution is 2.22. The monoisotopic (exact) mass is 215 g/mol. The van der Waals surface area contributed by atoms with Gasteiger partial charge in [-0.05, 0) is 30.9 Å². The van der Waals surface area contributed by atoms with Crippen LogP contribution in [0.15, 0.2) is 18.2 Å². The van der Waals surface area contributed by atoms with Crippen molar-refractivity contribution in [3.05, 3.63) is 29.3 Å². The van der Waals surface area contributed by atoms with E-state index in [0.29, 0.717) is 0 Å². The molecule has 0 aliphatic carbocycles. The van der Waals surface area contributed by atoms with Crippen LogP contribution in [0.5, 0.6) is 0 Å². The molecule has 1 N–H and O–H groups in total. The lowest BCUT2D eigenvalue weighted by Gasteiger charge is -2.14. The van der Waals surface area contributed by atoms with E-state index in [-0.39, 0.29) is 0 Å². The topological polar surface area (TPSA) is 12.0 Å². The first-order valence-electron chi connectivity index (χ1n) is 6.07. The summed E-state index contributed by atoms with van der Waals surface area (Å²) in [6.45, 7) is 7.22. The second-order valence-electron chi connectivity index (χ2n) is 3.76. The maximum absolute atomic E-state index is 3.52. The summed E-state index contributed by atoms with van der Waals surface area (Å²) in [5.74, 6) is 6.00. The maximum atomic E-state index is 3.52. The van der Waals surface area contributed by atoms with Crippen molar-refractivity contribution in [2.75, 3.05) is 11.9 Å². The molecule has 0 fully saturated rings. The molecule has 0 heterocycles. The van der Waals surface area contributed by atoms with Gasteiger partial charge in [-0.2, -0.15) is 0 Å². The zero-order valence-electron chi connectivity index (χ0n) is 10.6. The van der Waals surface area contributed by atoms with Crippen LogP contribution < -0.4 is 5.32 Å². The van der Waals surface area contributed by atoms with E-state index in [9.17, 15) is 0 Å². The van der Waals surface area contributed by atoms with Crippen molar-refractivity contribution < 1.29 is 0 Å². The summed E-state index contributed by atoms with van der Waals surface area (Å²) in [6, 6.07) is 6.55. The largest absolute Gasteiger partial charge is 0.384 e. The molecule has 86 valence electrons. The lowest BCUT2D eigenvalue weighted by molar-refractivity contribution is 1.03. The van der Waals surface area contributed by atoms with Crippen molar-refractivity contribution in [3.8, 4) is 11.8 Å². The fourth-order valence-electron chi connectivity index (χ4n) is 1.84. The third-order valence-electron chi connectivity index (χ3n) is 2.73. The first-order chi connectivity index (χ1) is 7.83. The average molecular weight is 215 g/mol. The number of aryl methyl sites for hydroxylation is 2. The zero-order valence-corrected chi connectivity index (χ0v) is 10.6. The molecule has 0 spiro atoms. The second-order valence-corrected chi connectivity index (χ2v) is 3.76. The maximum Gasteiger partial charge on any atom is 0.0405 e. The Kier molecular flexibility index (Phi) is 5.50. The van der Waals surface area contributed by atoms with Crippen LogP contribution in [-0.4, -0.2) is 6.54 Å². The molecule has 1 aromatic carbocycles. The summed E-state index contributed by atoms with van der Waals surface area (Å²) in [7, 11) is 0. The van der Waals surface area contributed by atoms with E-state index >= 15 is 0 Å². The smallest absolute Gasteiger partial charge is 0.0405 e. The molecule has 0 unspecified atom stereocenters. The summed E-state index contributed by atoms with van der Waals surface area (Å²) in [6.07, 6.45) is 3.07. The summed E-state index contributed by atoms with van der Waals surface area (Å²) in [5.41, 5.74) is 4.14. The molecule has 0 amide bonds. The molecule has 0 aliphatic rings. The third-order valence-corrected chi connectivity index (χ3v) is 2.73. The molecule has 0 bridgehead atoms. The summed E-state index contributed by atoms with van der Waals surface area (Å²) < 4.78 is 0. The number of anilines is 1. The highest BCUT2D eigenvalue weighted by atomic mass is 14.9. The van der Waals surface area contributed by atoms with Gasteiger partial charge in [-0.15, -0.1) is 11.8 Å². The van der Waals surface area contributed by atoms with Crippen molar-refractivity contribution in [2.24, 2.45) is 0 Å². The Morgan fingerprint density at radius 3 is 2.25 bits per heavy atom.